The molecule has 0 atom stereocenters. The molecule has 148 valence electrons. The number of hydrogen-bond donors (Lipinski definition) is 1. The zero-order valence-corrected chi connectivity index (χ0v) is 16.4. The van der Waals surface area contributed by atoms with E-state index in [0.717, 1.165) is 0 Å². The Kier molecular flexibility index (Phi) is 5.73. The molecular weight excluding hydrogens is 360 g/mol. The van der Waals surface area contributed by atoms with Gasteiger partial charge in [-0.05, 0) is 30.2 Å². The summed E-state index contributed by atoms with van der Waals surface area (Å²) in [5, 5.41) is 2.84. The maximum Gasteiger partial charge on any atom is 0.265 e. The average molecular weight is 384 g/mol. The van der Waals surface area contributed by atoms with Crippen molar-refractivity contribution >= 4 is 23.2 Å². The quantitative estimate of drug-likeness (QED) is 0.827. The Morgan fingerprint density at radius 2 is 1.82 bits per heavy atom. The lowest BCUT2D eigenvalue weighted by Crippen LogP contribution is -2.40. The summed E-state index contributed by atoms with van der Waals surface area (Å²) < 4.78 is 16.0. The number of nitrogens with zero attached hydrogens (tertiary/aromatic N) is 1. The van der Waals surface area contributed by atoms with Crippen molar-refractivity contribution in [3.8, 4) is 17.2 Å². The van der Waals surface area contributed by atoms with E-state index >= 15 is 0 Å². The van der Waals surface area contributed by atoms with E-state index in [0.29, 0.717) is 46.6 Å². The van der Waals surface area contributed by atoms with E-state index in [1.54, 1.807) is 41.3 Å². The minimum Gasteiger partial charge on any atom is -0.497 e. The van der Waals surface area contributed by atoms with E-state index in [2.05, 4.69) is 19.2 Å². The molecule has 7 heteroatoms. The number of ether oxygens (including phenoxy) is 3. The number of hydrogen-bond acceptors (Lipinski definition) is 5. The molecule has 28 heavy (non-hydrogen) atoms. The van der Waals surface area contributed by atoms with Crippen LogP contribution in [0.3, 0.4) is 0 Å². The fourth-order valence-electron chi connectivity index (χ4n) is 2.99. The Morgan fingerprint density at radius 1 is 1.14 bits per heavy atom. The number of carbonyl (C=O) groups excluding carboxylic acids is 2. The standard InChI is InChI=1S/C21H24N2O5/c1-13(2)11-23-18-6-5-15(9-19(18)28-12-20(23)24)22-21(25)14-7-16(26-3)10-17(8-14)27-4/h5-10,13H,11-12H2,1-4H3,(H,22,25). The zero-order chi connectivity index (χ0) is 20.3. The van der Waals surface area contributed by atoms with E-state index in [9.17, 15) is 9.59 Å². The number of anilines is 2. The monoisotopic (exact) mass is 384 g/mol. The smallest absolute Gasteiger partial charge is 0.265 e. The predicted octanol–water partition coefficient (Wildman–Crippen LogP) is 3.34. The summed E-state index contributed by atoms with van der Waals surface area (Å²) in [4.78, 5) is 26.5. The van der Waals surface area contributed by atoms with Gasteiger partial charge in [0.15, 0.2) is 6.61 Å². The minimum atomic E-state index is -0.303. The molecule has 1 N–H and O–H groups in total. The van der Waals surface area contributed by atoms with Gasteiger partial charge in [-0.25, -0.2) is 0 Å². The molecule has 0 saturated carbocycles. The normalized spacial score (nSPS) is 13.0. The van der Waals surface area contributed by atoms with Crippen LogP contribution in [0, 0.1) is 5.92 Å². The van der Waals surface area contributed by atoms with Gasteiger partial charge in [-0.3, -0.25) is 9.59 Å². The number of nitrogens with one attached hydrogen (secondary N) is 1. The van der Waals surface area contributed by atoms with E-state index < -0.39 is 0 Å². The predicted molar refractivity (Wildman–Crippen MR) is 107 cm³/mol. The van der Waals surface area contributed by atoms with Crippen LogP contribution in [0.5, 0.6) is 17.2 Å². The molecule has 0 aliphatic carbocycles. The molecule has 0 aromatic heterocycles. The molecule has 1 aliphatic rings. The molecule has 2 aromatic carbocycles. The summed E-state index contributed by atoms with van der Waals surface area (Å²) in [6.07, 6.45) is 0. The molecule has 3 rings (SSSR count). The van der Waals surface area contributed by atoms with Crippen molar-refractivity contribution in [2.45, 2.75) is 13.8 Å². The Hall–Kier alpha value is -3.22. The SMILES string of the molecule is COc1cc(OC)cc(C(=O)Nc2ccc3c(c2)OCC(=O)N3CC(C)C)c1. The second-order valence-corrected chi connectivity index (χ2v) is 6.92. The van der Waals surface area contributed by atoms with Crippen molar-refractivity contribution in [1.29, 1.82) is 0 Å². The Labute approximate surface area is 164 Å². The first-order chi connectivity index (χ1) is 13.4. The first kappa shape index (κ1) is 19.5. The summed E-state index contributed by atoms with van der Waals surface area (Å²) in [6.45, 7) is 4.72. The number of methoxy groups -OCH3 is 2. The van der Waals surface area contributed by atoms with Crippen LogP contribution in [0.25, 0.3) is 0 Å². The molecule has 0 spiro atoms. The van der Waals surface area contributed by atoms with Gasteiger partial charge in [0, 0.05) is 29.9 Å². The van der Waals surface area contributed by atoms with Crippen molar-refractivity contribution in [3.63, 3.8) is 0 Å². The van der Waals surface area contributed by atoms with Crippen molar-refractivity contribution in [2.24, 2.45) is 5.92 Å². The van der Waals surface area contributed by atoms with Gasteiger partial charge >= 0.3 is 0 Å². The highest BCUT2D eigenvalue weighted by atomic mass is 16.5. The fourth-order valence-corrected chi connectivity index (χ4v) is 2.99. The molecule has 1 aliphatic heterocycles. The van der Waals surface area contributed by atoms with Crippen molar-refractivity contribution in [1.82, 2.24) is 0 Å². The van der Waals surface area contributed by atoms with E-state index in [1.807, 2.05) is 0 Å². The van der Waals surface area contributed by atoms with Crippen LogP contribution in [0.4, 0.5) is 11.4 Å². The van der Waals surface area contributed by atoms with Crippen LogP contribution >= 0.6 is 0 Å². The van der Waals surface area contributed by atoms with Gasteiger partial charge in [0.2, 0.25) is 0 Å². The van der Waals surface area contributed by atoms with Gasteiger partial charge in [0.05, 0.1) is 19.9 Å². The Morgan fingerprint density at radius 3 is 2.43 bits per heavy atom. The first-order valence-electron chi connectivity index (χ1n) is 9.03. The molecule has 0 radical (unpaired) electrons. The molecule has 2 aromatic rings. The highest BCUT2D eigenvalue weighted by molar-refractivity contribution is 6.05. The number of fused-ring (bicyclic) bond motifs is 1. The molecule has 0 fully saturated rings. The maximum atomic E-state index is 12.7. The average Bonchev–Trinajstić information content (AvgIpc) is 2.69. The van der Waals surface area contributed by atoms with Gasteiger partial charge in [0.25, 0.3) is 11.8 Å². The van der Waals surface area contributed by atoms with Crippen LogP contribution in [-0.2, 0) is 4.79 Å². The molecular formula is C21H24N2O5. The molecule has 0 bridgehead atoms. The topological polar surface area (TPSA) is 77.1 Å². The third-order valence-corrected chi connectivity index (χ3v) is 4.32. The van der Waals surface area contributed by atoms with E-state index in [4.69, 9.17) is 14.2 Å². The number of benzene rings is 2. The van der Waals surface area contributed by atoms with Crippen molar-refractivity contribution in [2.75, 3.05) is 37.6 Å². The van der Waals surface area contributed by atoms with Crippen molar-refractivity contribution in [3.05, 3.63) is 42.0 Å². The first-order valence-corrected chi connectivity index (χ1v) is 9.03. The van der Waals surface area contributed by atoms with Gasteiger partial charge in [-0.15, -0.1) is 0 Å². The van der Waals surface area contributed by atoms with Crippen LogP contribution in [-0.4, -0.2) is 39.2 Å². The summed E-state index contributed by atoms with van der Waals surface area (Å²) >= 11 is 0. The number of rotatable bonds is 6. The molecule has 7 nitrogen and oxygen atoms in total. The highest BCUT2D eigenvalue weighted by Crippen LogP contribution is 2.35. The molecule has 0 saturated heterocycles. The van der Waals surface area contributed by atoms with Gasteiger partial charge < -0.3 is 24.4 Å². The Balaban J connectivity index is 1.82. The van der Waals surface area contributed by atoms with Crippen LogP contribution in [0.1, 0.15) is 24.2 Å². The van der Waals surface area contributed by atoms with E-state index in [1.165, 1.54) is 14.2 Å². The number of carbonyl (C=O) groups is 2. The Bertz CT molecular complexity index is 872. The van der Waals surface area contributed by atoms with E-state index in [-0.39, 0.29) is 18.4 Å². The summed E-state index contributed by atoms with van der Waals surface area (Å²) in [6, 6.07) is 10.2. The maximum absolute atomic E-state index is 12.7. The van der Waals surface area contributed by atoms with Gasteiger partial charge in [-0.2, -0.15) is 0 Å². The molecule has 2 amide bonds. The van der Waals surface area contributed by atoms with Gasteiger partial charge in [0.1, 0.15) is 17.2 Å². The lowest BCUT2D eigenvalue weighted by atomic mass is 10.1. The third-order valence-electron chi connectivity index (χ3n) is 4.32. The lowest BCUT2D eigenvalue weighted by molar-refractivity contribution is -0.121. The molecule has 1 heterocycles. The summed E-state index contributed by atoms with van der Waals surface area (Å²) in [5.74, 6) is 1.59. The third kappa shape index (κ3) is 4.19. The van der Waals surface area contributed by atoms with Gasteiger partial charge in [-0.1, -0.05) is 13.8 Å². The summed E-state index contributed by atoms with van der Waals surface area (Å²) in [7, 11) is 3.06. The second-order valence-electron chi connectivity index (χ2n) is 6.92. The zero-order valence-electron chi connectivity index (χ0n) is 16.4. The highest BCUT2D eigenvalue weighted by Gasteiger charge is 2.26. The second kappa shape index (κ2) is 8.21. The van der Waals surface area contributed by atoms with Crippen LogP contribution < -0.4 is 24.4 Å². The minimum absolute atomic E-state index is 0.00972. The van der Waals surface area contributed by atoms with Crippen molar-refractivity contribution < 1.29 is 23.8 Å². The largest absolute Gasteiger partial charge is 0.497 e. The van der Waals surface area contributed by atoms with Crippen LogP contribution in [0.15, 0.2) is 36.4 Å². The number of amides is 2. The summed E-state index contributed by atoms with van der Waals surface area (Å²) in [5.41, 5.74) is 1.70. The lowest BCUT2D eigenvalue weighted by Gasteiger charge is -2.31. The van der Waals surface area contributed by atoms with Crippen LogP contribution in [0.2, 0.25) is 0 Å². The fraction of sp³-hybridized carbons (Fsp3) is 0.333. The molecule has 0 unspecified atom stereocenters.